The van der Waals surface area contributed by atoms with Crippen molar-refractivity contribution in [2.24, 2.45) is 23.7 Å². The summed E-state index contributed by atoms with van der Waals surface area (Å²) in [5, 5.41) is 9.80. The van der Waals surface area contributed by atoms with Crippen molar-refractivity contribution in [1.82, 2.24) is 0 Å². The van der Waals surface area contributed by atoms with Crippen LogP contribution in [-0.2, 0) is 14.2 Å². The molecule has 3 unspecified atom stereocenters. The van der Waals surface area contributed by atoms with Gasteiger partial charge in [-0.2, -0.15) is 0 Å². The summed E-state index contributed by atoms with van der Waals surface area (Å²) in [6, 6.07) is 0. The molecule has 0 spiro atoms. The predicted octanol–water partition coefficient (Wildman–Crippen LogP) is 1.71. The fraction of sp³-hybridized carbons (Fsp3) is 1.00. The normalized spacial score (nSPS) is 37.1. The fourth-order valence-corrected chi connectivity index (χ4v) is 3.07. The van der Waals surface area contributed by atoms with Crippen LogP contribution in [0.4, 0.5) is 0 Å². The molecule has 112 valence electrons. The average Bonchev–Trinajstić information content (AvgIpc) is 2.97. The molecule has 1 N–H and O–H groups in total. The Labute approximate surface area is 116 Å². The summed E-state index contributed by atoms with van der Waals surface area (Å²) in [4.78, 5) is 0. The van der Waals surface area contributed by atoms with Crippen LogP contribution in [0.2, 0.25) is 0 Å². The van der Waals surface area contributed by atoms with Gasteiger partial charge in [0.25, 0.3) is 0 Å². The number of aliphatic hydroxyl groups excluding tert-OH is 1. The largest absolute Gasteiger partial charge is 0.390 e. The Hall–Kier alpha value is -0.160. The van der Waals surface area contributed by atoms with Crippen LogP contribution in [0.15, 0.2) is 0 Å². The number of rotatable bonds is 6. The predicted molar refractivity (Wildman–Crippen MR) is 73.0 cm³/mol. The smallest absolute Gasteiger partial charge is 0.0860 e. The lowest BCUT2D eigenvalue weighted by Gasteiger charge is -2.24. The number of hydrogen-bond acceptors (Lipinski definition) is 4. The van der Waals surface area contributed by atoms with Crippen LogP contribution in [-0.4, -0.2) is 50.3 Å². The van der Waals surface area contributed by atoms with Crippen LogP contribution in [0.5, 0.6) is 0 Å². The third-order valence-electron chi connectivity index (χ3n) is 4.66. The Morgan fingerprint density at radius 3 is 2.37 bits per heavy atom. The fourth-order valence-electron chi connectivity index (χ4n) is 3.07. The molecule has 2 heterocycles. The van der Waals surface area contributed by atoms with E-state index in [4.69, 9.17) is 14.2 Å². The van der Waals surface area contributed by atoms with Gasteiger partial charge in [0.2, 0.25) is 0 Å². The molecule has 2 fully saturated rings. The molecule has 0 radical (unpaired) electrons. The molecule has 2 aliphatic heterocycles. The molecule has 0 aromatic carbocycles. The van der Waals surface area contributed by atoms with E-state index in [0.29, 0.717) is 31.0 Å². The van der Waals surface area contributed by atoms with Gasteiger partial charge in [-0.25, -0.2) is 0 Å². The number of aliphatic hydroxyl groups is 1. The van der Waals surface area contributed by atoms with E-state index in [1.165, 1.54) is 0 Å². The van der Waals surface area contributed by atoms with Crippen molar-refractivity contribution < 1.29 is 19.3 Å². The van der Waals surface area contributed by atoms with E-state index in [-0.39, 0.29) is 18.1 Å². The Morgan fingerprint density at radius 1 is 1.05 bits per heavy atom. The first-order valence-electron chi connectivity index (χ1n) is 7.54. The molecule has 0 aliphatic carbocycles. The summed E-state index contributed by atoms with van der Waals surface area (Å²) in [6.45, 7) is 10.1. The highest BCUT2D eigenvalue weighted by Crippen LogP contribution is 2.27. The van der Waals surface area contributed by atoms with Gasteiger partial charge < -0.3 is 19.3 Å². The first-order valence-corrected chi connectivity index (χ1v) is 7.54. The maximum Gasteiger partial charge on any atom is 0.0860 e. The molecule has 0 aromatic heterocycles. The Balaban J connectivity index is 1.68. The lowest BCUT2D eigenvalue weighted by Crippen LogP contribution is -2.29. The highest BCUT2D eigenvalue weighted by Gasteiger charge is 2.33. The van der Waals surface area contributed by atoms with Gasteiger partial charge in [0.15, 0.2) is 0 Å². The average molecular weight is 272 g/mol. The van der Waals surface area contributed by atoms with Crippen LogP contribution >= 0.6 is 0 Å². The van der Waals surface area contributed by atoms with Crippen molar-refractivity contribution in [3.8, 4) is 0 Å². The first kappa shape index (κ1) is 15.2. The Morgan fingerprint density at radius 2 is 1.74 bits per heavy atom. The molecule has 5 atom stereocenters. The maximum atomic E-state index is 9.80. The molecule has 2 rings (SSSR count). The van der Waals surface area contributed by atoms with Crippen molar-refractivity contribution in [2.75, 3.05) is 33.0 Å². The highest BCUT2D eigenvalue weighted by molar-refractivity contribution is 4.80. The summed E-state index contributed by atoms with van der Waals surface area (Å²) in [5.74, 6) is 1.84. The van der Waals surface area contributed by atoms with Gasteiger partial charge in [-0.15, -0.1) is 0 Å². The van der Waals surface area contributed by atoms with Crippen molar-refractivity contribution >= 4 is 0 Å². The van der Waals surface area contributed by atoms with E-state index in [9.17, 15) is 5.11 Å². The van der Waals surface area contributed by atoms with Crippen molar-refractivity contribution in [3.05, 3.63) is 0 Å². The summed E-state index contributed by atoms with van der Waals surface area (Å²) in [7, 11) is 0. The van der Waals surface area contributed by atoms with Crippen LogP contribution < -0.4 is 0 Å². The molecule has 0 aromatic rings. The second-order valence-electron chi connectivity index (χ2n) is 6.39. The third-order valence-corrected chi connectivity index (χ3v) is 4.66. The van der Waals surface area contributed by atoms with E-state index < -0.39 is 0 Å². The molecule has 19 heavy (non-hydrogen) atoms. The lowest BCUT2D eigenvalue weighted by molar-refractivity contribution is 0.00476. The Bertz CT molecular complexity index is 269. The molecule has 0 amide bonds. The van der Waals surface area contributed by atoms with E-state index in [2.05, 4.69) is 20.8 Å². The van der Waals surface area contributed by atoms with Gasteiger partial charge in [-0.05, 0) is 18.3 Å². The molecular formula is C15H28O4. The zero-order chi connectivity index (χ0) is 13.8. The summed E-state index contributed by atoms with van der Waals surface area (Å²) in [5.41, 5.74) is 0. The van der Waals surface area contributed by atoms with Gasteiger partial charge in [0.1, 0.15) is 0 Å². The minimum Gasteiger partial charge on any atom is -0.390 e. The van der Waals surface area contributed by atoms with Crippen molar-refractivity contribution in [3.63, 3.8) is 0 Å². The standard InChI is InChI=1S/C15H28O4/c1-10(2)12-6-18-9-15(12)19-5-4-11(3)13-7-17-8-14(13)16/h10-16H,4-9H2,1-3H3/t11?,12?,13-,14+,15?/m1/s1. The van der Waals surface area contributed by atoms with Gasteiger partial charge in [-0.3, -0.25) is 0 Å². The molecule has 2 aliphatic rings. The van der Waals surface area contributed by atoms with Crippen molar-refractivity contribution in [2.45, 2.75) is 39.4 Å². The third kappa shape index (κ3) is 3.91. The molecule has 4 nitrogen and oxygen atoms in total. The zero-order valence-electron chi connectivity index (χ0n) is 12.4. The van der Waals surface area contributed by atoms with Gasteiger partial charge >= 0.3 is 0 Å². The summed E-state index contributed by atoms with van der Waals surface area (Å²) < 4.78 is 16.8. The zero-order valence-corrected chi connectivity index (χ0v) is 12.4. The molecule has 2 saturated heterocycles. The quantitative estimate of drug-likeness (QED) is 0.799. The number of hydrogen-bond donors (Lipinski definition) is 1. The number of ether oxygens (including phenoxy) is 3. The molecular weight excluding hydrogens is 244 g/mol. The second kappa shape index (κ2) is 7.02. The van der Waals surface area contributed by atoms with E-state index in [0.717, 1.165) is 26.2 Å². The van der Waals surface area contributed by atoms with E-state index in [1.807, 2.05) is 0 Å². The monoisotopic (exact) mass is 272 g/mol. The molecule has 0 saturated carbocycles. The summed E-state index contributed by atoms with van der Waals surface area (Å²) >= 11 is 0. The van der Waals surface area contributed by atoms with Crippen LogP contribution in [0.1, 0.15) is 27.2 Å². The first-order chi connectivity index (χ1) is 9.09. The van der Waals surface area contributed by atoms with Crippen LogP contribution in [0.3, 0.4) is 0 Å². The summed E-state index contributed by atoms with van der Waals surface area (Å²) in [6.07, 6.45) is 0.928. The molecule has 4 heteroatoms. The highest BCUT2D eigenvalue weighted by atomic mass is 16.5. The second-order valence-corrected chi connectivity index (χ2v) is 6.39. The molecule has 0 bridgehead atoms. The SMILES string of the molecule is CC(C)C1COCC1OCCC(C)[C@H]1COC[C@@H]1O. The van der Waals surface area contributed by atoms with Gasteiger partial charge in [0.05, 0.1) is 38.6 Å². The minimum absolute atomic E-state index is 0.247. The van der Waals surface area contributed by atoms with Gasteiger partial charge in [0, 0.05) is 18.4 Å². The lowest BCUT2D eigenvalue weighted by atomic mass is 9.89. The van der Waals surface area contributed by atoms with E-state index >= 15 is 0 Å². The maximum absolute atomic E-state index is 9.80. The van der Waals surface area contributed by atoms with Crippen LogP contribution in [0.25, 0.3) is 0 Å². The van der Waals surface area contributed by atoms with Crippen LogP contribution in [0, 0.1) is 23.7 Å². The van der Waals surface area contributed by atoms with Gasteiger partial charge in [-0.1, -0.05) is 20.8 Å². The minimum atomic E-state index is -0.298. The topological polar surface area (TPSA) is 47.9 Å². The van der Waals surface area contributed by atoms with E-state index in [1.54, 1.807) is 0 Å². The Kier molecular flexibility index (Phi) is 5.63. The van der Waals surface area contributed by atoms with Crippen molar-refractivity contribution in [1.29, 1.82) is 0 Å².